The van der Waals surface area contributed by atoms with E-state index in [1.807, 2.05) is 6.07 Å². The summed E-state index contributed by atoms with van der Waals surface area (Å²) in [5.41, 5.74) is 1.06. The first-order chi connectivity index (χ1) is 14.4. The highest BCUT2D eigenvalue weighted by atomic mass is 32.2. The molecule has 1 saturated heterocycles. The molecule has 2 N–H and O–H groups in total. The molecule has 2 aromatic rings. The second-order valence-corrected chi connectivity index (χ2v) is 10.1. The maximum Gasteiger partial charge on any atom is 0.264 e. The Labute approximate surface area is 179 Å². The molecule has 1 amide bonds. The van der Waals surface area contributed by atoms with Gasteiger partial charge in [-0.2, -0.15) is 0 Å². The summed E-state index contributed by atoms with van der Waals surface area (Å²) in [5, 5.41) is 2.94. The van der Waals surface area contributed by atoms with Gasteiger partial charge >= 0.3 is 0 Å². The van der Waals surface area contributed by atoms with Crippen molar-refractivity contribution in [3.8, 4) is 0 Å². The summed E-state index contributed by atoms with van der Waals surface area (Å²) in [6, 6.07) is 15.0. The Balaban J connectivity index is 1.51. The molecule has 0 bridgehead atoms. The summed E-state index contributed by atoms with van der Waals surface area (Å²) in [5.74, 6) is 0.672. The molecule has 0 saturated carbocycles. The summed E-state index contributed by atoms with van der Waals surface area (Å²) in [6.07, 6.45) is 3.52. The normalized spacial score (nSPS) is 19.3. The van der Waals surface area contributed by atoms with Gasteiger partial charge in [0.1, 0.15) is 0 Å². The van der Waals surface area contributed by atoms with Crippen LogP contribution < -0.4 is 14.5 Å². The Morgan fingerprint density at radius 2 is 1.70 bits per heavy atom. The van der Waals surface area contributed by atoms with Crippen molar-refractivity contribution < 1.29 is 18.1 Å². The second-order valence-electron chi connectivity index (χ2n) is 8.12. The number of carbonyl (C=O) groups excluding carboxylic acids is 1. The molecule has 1 aliphatic heterocycles. The average molecular weight is 431 g/mol. The van der Waals surface area contributed by atoms with Gasteiger partial charge < -0.3 is 10.2 Å². The van der Waals surface area contributed by atoms with Crippen molar-refractivity contribution in [3.05, 3.63) is 60.2 Å². The minimum absolute atomic E-state index is 0.160. The molecule has 0 atom stereocenters. The quantitative estimate of drug-likeness (QED) is 0.629. The van der Waals surface area contributed by atoms with Crippen molar-refractivity contribution in [2.75, 3.05) is 37.5 Å². The molecule has 1 fully saturated rings. The largest absolute Gasteiger partial charge is 0.352 e. The number of anilines is 1. The molecule has 1 aliphatic rings. The standard InChI is InChI=1S/C23H31N3O3S/c1-19-13-17-26(18-14-19)16-6-15-24-23(27)20-9-11-22(12-10-20)30(28,29)25(2)21-7-4-3-5-8-21/h3-5,7-12,19H,6,13-18H2,1-2H3,(H,24,27)/p+1. The number of quaternary nitrogens is 1. The number of para-hydroxylation sites is 1. The maximum absolute atomic E-state index is 12.8. The van der Waals surface area contributed by atoms with Gasteiger partial charge in [-0.25, -0.2) is 8.42 Å². The number of piperidine rings is 1. The van der Waals surface area contributed by atoms with E-state index in [2.05, 4.69) is 12.2 Å². The van der Waals surface area contributed by atoms with Crippen LogP contribution in [0.4, 0.5) is 5.69 Å². The van der Waals surface area contributed by atoms with Crippen LogP contribution in [0.2, 0.25) is 0 Å². The third-order valence-electron chi connectivity index (χ3n) is 5.87. The van der Waals surface area contributed by atoms with Gasteiger partial charge in [0, 0.05) is 25.6 Å². The van der Waals surface area contributed by atoms with Crippen LogP contribution in [0.3, 0.4) is 0 Å². The number of nitrogens with zero attached hydrogens (tertiary/aromatic N) is 1. The summed E-state index contributed by atoms with van der Waals surface area (Å²) >= 11 is 0. The lowest BCUT2D eigenvalue weighted by atomic mass is 9.99. The van der Waals surface area contributed by atoms with Crippen LogP contribution in [-0.2, 0) is 10.0 Å². The fraction of sp³-hybridized carbons (Fsp3) is 0.435. The molecule has 0 spiro atoms. The molecule has 162 valence electrons. The van der Waals surface area contributed by atoms with Crippen molar-refractivity contribution in [1.29, 1.82) is 0 Å². The van der Waals surface area contributed by atoms with Crippen molar-refractivity contribution in [2.24, 2.45) is 5.92 Å². The molecule has 0 radical (unpaired) electrons. The highest BCUT2D eigenvalue weighted by molar-refractivity contribution is 7.92. The van der Waals surface area contributed by atoms with Crippen molar-refractivity contribution in [1.82, 2.24) is 5.32 Å². The van der Waals surface area contributed by atoms with E-state index < -0.39 is 10.0 Å². The Kier molecular flexibility index (Phi) is 7.50. The van der Waals surface area contributed by atoms with Crippen molar-refractivity contribution in [3.63, 3.8) is 0 Å². The lowest BCUT2D eigenvalue weighted by molar-refractivity contribution is -0.906. The second kappa shape index (κ2) is 10.1. The number of amides is 1. The van der Waals surface area contributed by atoms with Gasteiger partial charge in [0.2, 0.25) is 0 Å². The lowest BCUT2D eigenvalue weighted by Gasteiger charge is -2.27. The Morgan fingerprint density at radius 1 is 1.07 bits per heavy atom. The van der Waals surface area contributed by atoms with Crippen LogP contribution >= 0.6 is 0 Å². The van der Waals surface area contributed by atoms with E-state index in [1.54, 1.807) is 41.3 Å². The average Bonchev–Trinajstić information content (AvgIpc) is 2.78. The molecular formula is C23H32N3O3S+. The number of likely N-dealkylation sites (tertiary alicyclic amines) is 1. The van der Waals surface area contributed by atoms with Gasteiger partial charge in [0.15, 0.2) is 0 Å². The molecule has 7 heteroatoms. The Hall–Kier alpha value is -2.38. The molecule has 0 aliphatic carbocycles. The molecule has 30 heavy (non-hydrogen) atoms. The predicted octanol–water partition coefficient (Wildman–Crippen LogP) is 1.95. The number of carbonyl (C=O) groups is 1. The predicted molar refractivity (Wildman–Crippen MR) is 119 cm³/mol. The number of sulfonamides is 1. The van der Waals surface area contributed by atoms with E-state index in [0.717, 1.165) is 18.9 Å². The first-order valence-corrected chi connectivity index (χ1v) is 12.1. The van der Waals surface area contributed by atoms with Crippen LogP contribution in [-0.4, -0.2) is 47.6 Å². The number of hydrogen-bond acceptors (Lipinski definition) is 3. The molecular weight excluding hydrogens is 398 g/mol. The molecule has 2 aromatic carbocycles. The highest BCUT2D eigenvalue weighted by Crippen LogP contribution is 2.21. The van der Waals surface area contributed by atoms with Crippen molar-refractivity contribution >= 4 is 21.6 Å². The molecule has 3 rings (SSSR count). The van der Waals surface area contributed by atoms with Crippen LogP contribution in [0.15, 0.2) is 59.5 Å². The maximum atomic E-state index is 12.8. The van der Waals surface area contributed by atoms with E-state index in [4.69, 9.17) is 0 Å². The van der Waals surface area contributed by atoms with Crippen molar-refractivity contribution in [2.45, 2.75) is 31.1 Å². The van der Waals surface area contributed by atoms with Gasteiger partial charge in [0.05, 0.1) is 30.2 Å². The van der Waals surface area contributed by atoms with Gasteiger partial charge in [-0.15, -0.1) is 0 Å². The smallest absolute Gasteiger partial charge is 0.264 e. The van der Waals surface area contributed by atoms with Crippen LogP contribution in [0.1, 0.15) is 36.5 Å². The summed E-state index contributed by atoms with van der Waals surface area (Å²) in [4.78, 5) is 14.2. The fourth-order valence-corrected chi connectivity index (χ4v) is 4.97. The Bertz CT molecular complexity index is 922. The summed E-state index contributed by atoms with van der Waals surface area (Å²) in [6.45, 7) is 6.48. The number of benzene rings is 2. The third-order valence-corrected chi connectivity index (χ3v) is 7.67. The first kappa shape index (κ1) is 22.3. The summed E-state index contributed by atoms with van der Waals surface area (Å²) < 4.78 is 26.9. The van der Waals surface area contributed by atoms with E-state index in [9.17, 15) is 13.2 Å². The zero-order valence-corrected chi connectivity index (χ0v) is 18.6. The summed E-state index contributed by atoms with van der Waals surface area (Å²) in [7, 11) is -2.15. The molecule has 1 heterocycles. The zero-order chi connectivity index (χ0) is 21.6. The van der Waals surface area contributed by atoms with E-state index in [1.165, 1.54) is 49.4 Å². The van der Waals surface area contributed by atoms with Crippen LogP contribution in [0.5, 0.6) is 0 Å². The molecule has 0 unspecified atom stereocenters. The number of rotatable bonds is 8. The van der Waals surface area contributed by atoms with Gasteiger partial charge in [-0.3, -0.25) is 9.10 Å². The van der Waals surface area contributed by atoms with E-state index in [0.29, 0.717) is 17.8 Å². The highest BCUT2D eigenvalue weighted by Gasteiger charge is 2.22. The fourth-order valence-electron chi connectivity index (χ4n) is 3.78. The Morgan fingerprint density at radius 3 is 2.33 bits per heavy atom. The van der Waals surface area contributed by atoms with E-state index >= 15 is 0 Å². The molecule has 6 nitrogen and oxygen atoms in total. The first-order valence-electron chi connectivity index (χ1n) is 10.6. The van der Waals surface area contributed by atoms with Crippen LogP contribution in [0, 0.1) is 5.92 Å². The minimum Gasteiger partial charge on any atom is -0.352 e. The van der Waals surface area contributed by atoms with Gasteiger partial charge in [0.25, 0.3) is 15.9 Å². The number of nitrogens with one attached hydrogen (secondary N) is 2. The minimum atomic E-state index is -3.67. The van der Waals surface area contributed by atoms with Crippen LogP contribution in [0.25, 0.3) is 0 Å². The van der Waals surface area contributed by atoms with E-state index in [-0.39, 0.29) is 10.8 Å². The SMILES string of the molecule is CC1CC[NH+](CCCNC(=O)c2ccc(S(=O)(=O)N(C)c3ccccc3)cc2)CC1. The van der Waals surface area contributed by atoms with Gasteiger partial charge in [-0.05, 0) is 55.2 Å². The zero-order valence-electron chi connectivity index (χ0n) is 17.8. The third kappa shape index (κ3) is 5.61. The lowest BCUT2D eigenvalue weighted by Crippen LogP contribution is -3.13. The number of hydrogen-bond donors (Lipinski definition) is 2. The monoisotopic (exact) mass is 430 g/mol. The molecule has 0 aromatic heterocycles. The topological polar surface area (TPSA) is 70.9 Å². The van der Waals surface area contributed by atoms with Gasteiger partial charge in [-0.1, -0.05) is 25.1 Å².